The van der Waals surface area contributed by atoms with Gasteiger partial charge in [-0.3, -0.25) is 0 Å². The number of benzene rings is 4. The number of rotatable bonds is 8. The van der Waals surface area contributed by atoms with Crippen LogP contribution < -0.4 is 21.5 Å². The van der Waals surface area contributed by atoms with Crippen LogP contribution in [0.4, 0.5) is 17.3 Å². The average Bonchev–Trinajstić information content (AvgIpc) is 3.77. The largest absolute Gasteiger partial charge is 0.497 e. The predicted octanol–water partition coefficient (Wildman–Crippen LogP) is 9.64. The highest BCUT2D eigenvalue weighted by atomic mass is 32.1. The number of hydrogen-bond acceptors (Lipinski definition) is 10. The smallest absolute Gasteiger partial charge is 0.125 e. The topological polar surface area (TPSA) is 125 Å². The first-order chi connectivity index (χ1) is 24.0. The summed E-state index contributed by atoms with van der Waals surface area (Å²) >= 11 is 3.26. The molecule has 8 aromatic rings. The van der Waals surface area contributed by atoms with Crippen molar-refractivity contribution in [3.63, 3.8) is 0 Å². The third-order valence-electron chi connectivity index (χ3n) is 8.40. The second-order valence-corrected chi connectivity index (χ2v) is 13.6. The van der Waals surface area contributed by atoms with Crippen LogP contribution in [0.25, 0.3) is 75.0 Å². The van der Waals surface area contributed by atoms with Crippen molar-refractivity contribution >= 4 is 60.4 Å². The van der Waals surface area contributed by atoms with Gasteiger partial charge in [0.15, 0.2) is 0 Å². The van der Waals surface area contributed by atoms with Crippen LogP contribution in [0.2, 0.25) is 0 Å². The van der Waals surface area contributed by atoms with Crippen molar-refractivity contribution in [3.8, 4) is 60.3 Å². The number of hydrogen-bond donors (Lipinski definition) is 3. The molecule has 0 atom stereocenters. The zero-order valence-corrected chi connectivity index (χ0v) is 28.4. The van der Waals surface area contributed by atoms with Crippen molar-refractivity contribution < 1.29 is 4.74 Å². The number of pyridine rings is 2. The highest BCUT2D eigenvalue weighted by molar-refractivity contribution is 7.22. The van der Waals surface area contributed by atoms with E-state index in [0.29, 0.717) is 11.5 Å². The summed E-state index contributed by atoms with van der Waals surface area (Å²) in [5.74, 6) is 2.12. The van der Waals surface area contributed by atoms with Crippen LogP contribution in [0.3, 0.4) is 0 Å². The average molecular weight is 678 g/mol. The van der Waals surface area contributed by atoms with E-state index in [-0.39, 0.29) is 0 Å². The maximum Gasteiger partial charge on any atom is 0.125 e. The predicted molar refractivity (Wildman–Crippen MR) is 205 cm³/mol. The van der Waals surface area contributed by atoms with Crippen molar-refractivity contribution in [1.29, 1.82) is 0 Å². The molecule has 49 heavy (non-hydrogen) atoms. The monoisotopic (exact) mass is 677 g/mol. The molecule has 10 heteroatoms. The lowest BCUT2D eigenvalue weighted by molar-refractivity contribution is 0.415. The Labute approximate surface area is 291 Å². The molecule has 0 saturated heterocycles. The number of aromatic nitrogens is 4. The van der Waals surface area contributed by atoms with E-state index in [0.717, 1.165) is 93.1 Å². The van der Waals surface area contributed by atoms with Gasteiger partial charge in [-0.15, -0.1) is 22.7 Å². The van der Waals surface area contributed by atoms with Crippen molar-refractivity contribution in [1.82, 2.24) is 19.9 Å². The molecule has 0 fully saturated rings. The van der Waals surface area contributed by atoms with Crippen LogP contribution in [0.1, 0.15) is 6.92 Å². The Morgan fingerprint density at radius 3 is 1.92 bits per heavy atom. The number of thiazole rings is 2. The fourth-order valence-electron chi connectivity index (χ4n) is 5.88. The lowest BCUT2D eigenvalue weighted by Gasteiger charge is -2.10. The molecule has 5 N–H and O–H groups in total. The Hall–Kier alpha value is -5.84. The molecule has 0 bridgehead atoms. The molecule has 0 unspecified atom stereocenters. The molecule has 4 aromatic heterocycles. The second kappa shape index (κ2) is 12.6. The minimum Gasteiger partial charge on any atom is -0.497 e. The number of methoxy groups -OCH3 is 1. The molecule has 8 nitrogen and oxygen atoms in total. The van der Waals surface area contributed by atoms with Gasteiger partial charge in [-0.1, -0.05) is 48.5 Å². The van der Waals surface area contributed by atoms with Gasteiger partial charge in [-0.25, -0.2) is 19.9 Å². The Morgan fingerprint density at radius 1 is 0.673 bits per heavy atom. The summed E-state index contributed by atoms with van der Waals surface area (Å²) in [6, 6.07) is 32.6. The van der Waals surface area contributed by atoms with Gasteiger partial charge in [0.1, 0.15) is 27.4 Å². The SMILES string of the molecule is CCNc1ccc(-c2ccc(-c3nc4ccc(N)c(-c5cc(OC)cc6sc(-c7ccc(-c8ccc(N)nc8)cc7)nc56)c4s3)cc2)cn1. The summed E-state index contributed by atoms with van der Waals surface area (Å²) in [6.07, 6.45) is 3.68. The first kappa shape index (κ1) is 30.5. The molecular formula is C39H31N7OS2. The first-order valence-corrected chi connectivity index (χ1v) is 17.4. The lowest BCUT2D eigenvalue weighted by atomic mass is 10.0. The van der Waals surface area contributed by atoms with Crippen LogP contribution in [0.5, 0.6) is 5.75 Å². The molecule has 4 aromatic carbocycles. The van der Waals surface area contributed by atoms with Crippen LogP contribution in [-0.2, 0) is 0 Å². The van der Waals surface area contributed by atoms with Gasteiger partial charge in [-0.05, 0) is 66.6 Å². The van der Waals surface area contributed by atoms with Gasteiger partial charge in [0, 0.05) is 58.0 Å². The minimum absolute atomic E-state index is 0.501. The molecule has 0 radical (unpaired) electrons. The molecule has 8 rings (SSSR count). The first-order valence-electron chi connectivity index (χ1n) is 15.8. The third kappa shape index (κ3) is 5.81. The zero-order valence-electron chi connectivity index (χ0n) is 26.8. The van der Waals surface area contributed by atoms with Gasteiger partial charge in [-0.2, -0.15) is 0 Å². The molecule has 0 aliphatic heterocycles. The van der Waals surface area contributed by atoms with Gasteiger partial charge < -0.3 is 21.5 Å². The maximum absolute atomic E-state index is 6.75. The normalized spacial score (nSPS) is 11.3. The van der Waals surface area contributed by atoms with E-state index in [1.165, 1.54) is 0 Å². The molecule has 4 heterocycles. The summed E-state index contributed by atoms with van der Waals surface area (Å²) in [7, 11) is 1.68. The van der Waals surface area contributed by atoms with Crippen LogP contribution in [0, 0.1) is 0 Å². The van der Waals surface area contributed by atoms with Crippen LogP contribution in [0.15, 0.2) is 109 Å². The van der Waals surface area contributed by atoms with Crippen molar-refractivity contribution in [3.05, 3.63) is 109 Å². The highest BCUT2D eigenvalue weighted by Gasteiger charge is 2.20. The number of fused-ring (bicyclic) bond motifs is 2. The number of nitrogens with two attached hydrogens (primary N) is 2. The summed E-state index contributed by atoms with van der Waals surface area (Å²) in [5.41, 5.74) is 23.1. The molecule has 0 aliphatic rings. The molecule has 0 amide bonds. The molecule has 0 aliphatic carbocycles. The number of anilines is 3. The fourth-order valence-corrected chi connectivity index (χ4v) is 8.05. The number of nitrogen functional groups attached to an aromatic ring is 2. The van der Waals surface area contributed by atoms with Crippen molar-refractivity contribution in [2.24, 2.45) is 0 Å². The van der Waals surface area contributed by atoms with Crippen LogP contribution in [-0.4, -0.2) is 33.6 Å². The summed E-state index contributed by atoms with van der Waals surface area (Å²) in [5, 5.41) is 5.07. The van der Waals surface area contributed by atoms with E-state index in [1.54, 1.807) is 36.0 Å². The van der Waals surface area contributed by atoms with E-state index in [9.17, 15) is 0 Å². The number of ether oxygens (including phenoxy) is 1. The van der Waals surface area contributed by atoms with E-state index in [1.807, 2.05) is 48.7 Å². The number of nitrogens with one attached hydrogen (secondary N) is 1. The Bertz CT molecular complexity index is 2440. The van der Waals surface area contributed by atoms with E-state index < -0.39 is 0 Å². The lowest BCUT2D eigenvalue weighted by Crippen LogP contribution is -1.98. The van der Waals surface area contributed by atoms with Gasteiger partial charge in [0.05, 0.1) is 27.5 Å². The quantitative estimate of drug-likeness (QED) is 0.136. The summed E-state index contributed by atoms with van der Waals surface area (Å²) < 4.78 is 7.79. The van der Waals surface area contributed by atoms with E-state index in [2.05, 4.69) is 76.8 Å². The Kier molecular flexibility index (Phi) is 7.87. The molecule has 0 saturated carbocycles. The molecular weight excluding hydrogens is 647 g/mol. The van der Waals surface area contributed by atoms with E-state index >= 15 is 0 Å². The Morgan fingerprint density at radius 2 is 1.31 bits per heavy atom. The van der Waals surface area contributed by atoms with Crippen molar-refractivity contribution in [2.75, 3.05) is 30.4 Å². The molecule has 240 valence electrons. The van der Waals surface area contributed by atoms with Gasteiger partial charge in [0.25, 0.3) is 0 Å². The van der Waals surface area contributed by atoms with Gasteiger partial charge in [0.2, 0.25) is 0 Å². The molecule has 0 spiro atoms. The van der Waals surface area contributed by atoms with Crippen LogP contribution >= 0.6 is 22.7 Å². The third-order valence-corrected chi connectivity index (χ3v) is 10.6. The van der Waals surface area contributed by atoms with Crippen molar-refractivity contribution in [2.45, 2.75) is 6.92 Å². The maximum atomic E-state index is 6.75. The number of nitrogens with zero attached hydrogens (tertiary/aromatic N) is 4. The summed E-state index contributed by atoms with van der Waals surface area (Å²) in [6.45, 7) is 2.90. The second-order valence-electron chi connectivity index (χ2n) is 11.5. The summed E-state index contributed by atoms with van der Waals surface area (Å²) in [4.78, 5) is 19.0. The fraction of sp³-hybridized carbons (Fsp3) is 0.0769. The highest BCUT2D eigenvalue weighted by Crippen LogP contribution is 2.45. The minimum atomic E-state index is 0.501. The standard InChI is InChI=1S/C39H31N7OS2/c1-3-42-34-17-13-27(21-44-34)23-4-8-24(9-5-23)38-45-31-15-14-30(40)35(37(31)49-38)29-18-28(47-2)19-32-36(29)46-39(48-32)25-10-6-22(7-11-25)26-12-16-33(41)43-20-26/h4-21H,3,40H2,1-2H3,(H2,41,43)(H,42,44). The van der Waals surface area contributed by atoms with E-state index in [4.69, 9.17) is 26.2 Å². The zero-order chi connectivity index (χ0) is 33.5. The van der Waals surface area contributed by atoms with Gasteiger partial charge >= 0.3 is 0 Å². The Balaban J connectivity index is 1.17.